The van der Waals surface area contributed by atoms with E-state index in [0.29, 0.717) is 0 Å². The van der Waals surface area contributed by atoms with Crippen LogP contribution in [0.15, 0.2) is 48.5 Å². The average Bonchev–Trinajstić information content (AvgIpc) is 3.13. The number of anilines is 1. The van der Waals surface area contributed by atoms with Crippen molar-refractivity contribution in [2.24, 2.45) is 0 Å². The lowest BCUT2D eigenvalue weighted by atomic mass is 10.1. The van der Waals surface area contributed by atoms with Gasteiger partial charge in [-0.25, -0.2) is 0 Å². The first-order chi connectivity index (χ1) is 13.1. The summed E-state index contributed by atoms with van der Waals surface area (Å²) in [5, 5.41) is 0.791. The van der Waals surface area contributed by atoms with Crippen molar-refractivity contribution in [1.29, 1.82) is 0 Å². The van der Waals surface area contributed by atoms with Crippen LogP contribution in [0.2, 0.25) is 5.02 Å². The van der Waals surface area contributed by atoms with E-state index in [4.69, 9.17) is 11.6 Å². The lowest BCUT2D eigenvalue weighted by molar-refractivity contribution is -1.02. The number of benzene rings is 2. The van der Waals surface area contributed by atoms with Gasteiger partial charge in [0.05, 0.1) is 0 Å². The number of hydrogen-bond acceptors (Lipinski definition) is 1. The Labute approximate surface area is 166 Å². The molecule has 0 saturated carbocycles. The highest BCUT2D eigenvalue weighted by Crippen LogP contribution is 2.27. The van der Waals surface area contributed by atoms with Gasteiger partial charge in [-0.15, -0.1) is 0 Å². The summed E-state index contributed by atoms with van der Waals surface area (Å²) in [4.78, 5) is 18.1. The minimum absolute atomic E-state index is 0.0215. The van der Waals surface area contributed by atoms with Crippen LogP contribution in [-0.4, -0.2) is 44.7 Å². The van der Waals surface area contributed by atoms with Crippen molar-refractivity contribution in [3.8, 4) is 0 Å². The van der Waals surface area contributed by atoms with E-state index in [2.05, 4.69) is 37.3 Å². The van der Waals surface area contributed by atoms with Crippen LogP contribution >= 0.6 is 11.6 Å². The molecule has 0 aromatic heterocycles. The van der Waals surface area contributed by atoms with Gasteiger partial charge in [0, 0.05) is 22.8 Å². The number of hydrogen-bond donors (Lipinski definition) is 2. The van der Waals surface area contributed by atoms with Crippen molar-refractivity contribution in [3.63, 3.8) is 0 Å². The van der Waals surface area contributed by atoms with Crippen LogP contribution in [0.25, 0.3) is 0 Å². The maximum atomic E-state index is 13.1. The quantitative estimate of drug-likeness (QED) is 0.793. The van der Waals surface area contributed by atoms with Gasteiger partial charge >= 0.3 is 0 Å². The summed E-state index contributed by atoms with van der Waals surface area (Å²) in [6, 6.07) is 16.5. The van der Waals surface area contributed by atoms with Crippen molar-refractivity contribution in [3.05, 3.63) is 64.7 Å². The number of amides is 1. The van der Waals surface area contributed by atoms with Crippen molar-refractivity contribution in [1.82, 2.24) is 0 Å². The van der Waals surface area contributed by atoms with Gasteiger partial charge in [0.15, 0.2) is 6.04 Å². The fraction of sp³-hybridized carbons (Fsp3) is 0.409. The molecule has 2 aliphatic heterocycles. The highest BCUT2D eigenvalue weighted by Gasteiger charge is 2.35. The summed E-state index contributed by atoms with van der Waals surface area (Å²) < 4.78 is 0. The predicted octanol–water partition coefficient (Wildman–Crippen LogP) is 0.601. The number of fused-ring (bicyclic) bond motifs is 1. The third-order valence-electron chi connectivity index (χ3n) is 6.10. The molecule has 0 radical (unpaired) electrons. The van der Waals surface area contributed by atoms with E-state index in [1.807, 2.05) is 23.1 Å². The molecule has 0 aliphatic carbocycles. The SMILES string of the molecule is C[C@H](C(=O)N1CCc2ccccc21)[NH+]1CC[NH+](Cc2ccc(Cl)cc2)CC1. The lowest BCUT2D eigenvalue weighted by Crippen LogP contribution is -3.29. The summed E-state index contributed by atoms with van der Waals surface area (Å²) in [7, 11) is 0. The molecule has 2 N–H and O–H groups in total. The van der Waals surface area contributed by atoms with E-state index >= 15 is 0 Å². The number of halogens is 1. The smallest absolute Gasteiger partial charge is 0.284 e. The number of carbonyl (C=O) groups excluding carboxylic acids is 1. The molecule has 4 rings (SSSR count). The van der Waals surface area contributed by atoms with Gasteiger partial charge in [-0.2, -0.15) is 0 Å². The average molecular weight is 386 g/mol. The van der Waals surface area contributed by atoms with Gasteiger partial charge in [0.1, 0.15) is 32.7 Å². The van der Waals surface area contributed by atoms with Crippen molar-refractivity contribution in [2.75, 3.05) is 37.6 Å². The van der Waals surface area contributed by atoms with Crippen LogP contribution in [0, 0.1) is 0 Å². The maximum absolute atomic E-state index is 13.1. The Balaban J connectivity index is 1.33. The van der Waals surface area contributed by atoms with E-state index in [0.717, 1.165) is 56.4 Å². The zero-order valence-electron chi connectivity index (χ0n) is 15.9. The molecule has 1 amide bonds. The van der Waals surface area contributed by atoms with Crippen LogP contribution in [0.5, 0.6) is 0 Å². The van der Waals surface area contributed by atoms with Crippen LogP contribution in [0.1, 0.15) is 18.1 Å². The lowest BCUT2D eigenvalue weighted by Gasteiger charge is -2.34. The molecule has 0 bridgehead atoms. The number of carbonyl (C=O) groups is 1. The third kappa shape index (κ3) is 4.03. The van der Waals surface area contributed by atoms with E-state index in [-0.39, 0.29) is 11.9 Å². The van der Waals surface area contributed by atoms with Crippen molar-refractivity contribution >= 4 is 23.2 Å². The zero-order chi connectivity index (χ0) is 18.8. The van der Waals surface area contributed by atoms with Gasteiger partial charge in [-0.3, -0.25) is 4.79 Å². The van der Waals surface area contributed by atoms with Gasteiger partial charge in [-0.05, 0) is 37.1 Å². The summed E-state index contributed by atoms with van der Waals surface area (Å²) in [5.74, 6) is 0.274. The van der Waals surface area contributed by atoms with Crippen LogP contribution in [-0.2, 0) is 17.8 Å². The highest BCUT2D eigenvalue weighted by atomic mass is 35.5. The number of quaternary nitrogens is 2. The largest absolute Gasteiger partial charge is 0.322 e. The first kappa shape index (κ1) is 18.5. The van der Waals surface area contributed by atoms with Gasteiger partial charge in [0.25, 0.3) is 5.91 Å². The molecule has 4 nitrogen and oxygen atoms in total. The molecule has 1 saturated heterocycles. The summed E-state index contributed by atoms with van der Waals surface area (Å²) in [6.07, 6.45) is 0.975. The van der Waals surface area contributed by atoms with E-state index in [9.17, 15) is 4.79 Å². The molecule has 1 fully saturated rings. The molecule has 0 unspecified atom stereocenters. The summed E-state index contributed by atoms with van der Waals surface area (Å²) in [6.45, 7) is 8.26. The number of para-hydroxylation sites is 1. The predicted molar refractivity (Wildman–Crippen MR) is 109 cm³/mol. The number of rotatable bonds is 4. The molecule has 1 atom stereocenters. The van der Waals surface area contributed by atoms with E-state index in [1.54, 1.807) is 4.90 Å². The zero-order valence-corrected chi connectivity index (χ0v) is 16.6. The van der Waals surface area contributed by atoms with Crippen molar-refractivity contribution < 1.29 is 14.6 Å². The Morgan fingerprint density at radius 1 is 1.07 bits per heavy atom. The maximum Gasteiger partial charge on any atom is 0.284 e. The summed E-state index contributed by atoms with van der Waals surface area (Å²) >= 11 is 5.98. The van der Waals surface area contributed by atoms with E-state index < -0.39 is 0 Å². The normalized spacial score (nSPS) is 23.1. The molecule has 142 valence electrons. The Hall–Kier alpha value is -1.88. The fourth-order valence-electron chi connectivity index (χ4n) is 4.40. The molecule has 2 aromatic carbocycles. The monoisotopic (exact) mass is 385 g/mol. The van der Waals surface area contributed by atoms with Crippen LogP contribution in [0.4, 0.5) is 5.69 Å². The number of piperazine rings is 1. The standard InChI is InChI=1S/C22H26ClN3O/c1-17(22(27)26-11-10-19-4-2-3-5-21(19)26)25-14-12-24(13-15-25)16-18-6-8-20(23)9-7-18/h2-9,17H,10-16H2,1H3/p+2/t17-/m1/s1. The second-order valence-electron chi connectivity index (χ2n) is 7.80. The second-order valence-corrected chi connectivity index (χ2v) is 8.24. The van der Waals surface area contributed by atoms with Gasteiger partial charge in [0.2, 0.25) is 0 Å². The molecule has 2 heterocycles. The number of nitrogens with zero attached hydrogens (tertiary/aromatic N) is 1. The summed E-state index contributed by atoms with van der Waals surface area (Å²) in [5.41, 5.74) is 3.74. The van der Waals surface area contributed by atoms with Crippen molar-refractivity contribution in [2.45, 2.75) is 25.9 Å². The molecule has 2 aliphatic rings. The second kappa shape index (κ2) is 8.01. The topological polar surface area (TPSA) is 29.2 Å². The first-order valence-corrected chi connectivity index (χ1v) is 10.3. The molecular weight excluding hydrogens is 358 g/mol. The first-order valence-electron chi connectivity index (χ1n) is 9.93. The van der Waals surface area contributed by atoms with Crippen LogP contribution in [0.3, 0.4) is 0 Å². The molecular formula is C22H28ClN3O+2. The third-order valence-corrected chi connectivity index (χ3v) is 6.35. The fourth-order valence-corrected chi connectivity index (χ4v) is 4.53. The Kier molecular flexibility index (Phi) is 5.48. The molecule has 27 heavy (non-hydrogen) atoms. The Morgan fingerprint density at radius 3 is 2.52 bits per heavy atom. The minimum atomic E-state index is 0.0215. The minimum Gasteiger partial charge on any atom is -0.322 e. The molecule has 2 aromatic rings. The molecule has 5 heteroatoms. The molecule has 0 spiro atoms. The van der Waals surface area contributed by atoms with Crippen LogP contribution < -0.4 is 14.7 Å². The number of nitrogens with one attached hydrogen (secondary N) is 2. The Morgan fingerprint density at radius 2 is 1.78 bits per heavy atom. The van der Waals surface area contributed by atoms with Gasteiger partial charge < -0.3 is 14.7 Å². The Bertz CT molecular complexity index is 799. The van der Waals surface area contributed by atoms with Gasteiger partial charge in [-0.1, -0.05) is 41.9 Å². The van der Waals surface area contributed by atoms with E-state index in [1.165, 1.54) is 16.0 Å². The highest BCUT2D eigenvalue weighted by molar-refractivity contribution is 6.30.